The average molecular weight is 233 g/mol. The van der Waals surface area contributed by atoms with Crippen LogP contribution in [0.3, 0.4) is 0 Å². The van der Waals surface area contributed by atoms with Crippen LogP contribution in [0.1, 0.15) is 17.9 Å². The minimum absolute atomic E-state index is 0.0169. The maximum absolute atomic E-state index is 10.4. The maximum atomic E-state index is 10.4. The van der Waals surface area contributed by atoms with Gasteiger partial charge in [0.2, 0.25) is 11.7 Å². The van der Waals surface area contributed by atoms with Crippen molar-refractivity contribution in [3.05, 3.63) is 29.9 Å². The van der Waals surface area contributed by atoms with E-state index in [1.54, 1.807) is 18.5 Å². The summed E-state index contributed by atoms with van der Waals surface area (Å²) in [6.45, 7) is 1.90. The molecule has 0 aromatic carbocycles. The molecule has 6 heteroatoms. The lowest BCUT2D eigenvalue weighted by atomic mass is 10.1. The Kier molecular flexibility index (Phi) is 3.13. The molecule has 0 aliphatic rings. The van der Waals surface area contributed by atoms with Gasteiger partial charge in [0.25, 0.3) is 0 Å². The highest BCUT2D eigenvalue weighted by Crippen LogP contribution is 2.19. The lowest BCUT2D eigenvalue weighted by molar-refractivity contribution is -0.137. The van der Waals surface area contributed by atoms with Gasteiger partial charge in [0.15, 0.2) is 0 Å². The van der Waals surface area contributed by atoms with Gasteiger partial charge in [0.1, 0.15) is 0 Å². The van der Waals surface area contributed by atoms with Crippen molar-refractivity contribution in [3.8, 4) is 11.4 Å². The zero-order valence-electron chi connectivity index (χ0n) is 9.25. The van der Waals surface area contributed by atoms with Crippen LogP contribution in [0, 0.1) is 6.92 Å². The summed E-state index contributed by atoms with van der Waals surface area (Å²) < 4.78 is 4.98. The van der Waals surface area contributed by atoms with Crippen LogP contribution >= 0.6 is 0 Å². The molecule has 0 unspecified atom stereocenters. The lowest BCUT2D eigenvalue weighted by Gasteiger charge is -1.97. The van der Waals surface area contributed by atoms with Gasteiger partial charge >= 0.3 is 5.97 Å². The zero-order valence-corrected chi connectivity index (χ0v) is 9.25. The molecule has 2 aromatic rings. The normalized spacial score (nSPS) is 10.4. The highest BCUT2D eigenvalue weighted by molar-refractivity contribution is 5.66. The zero-order chi connectivity index (χ0) is 12.3. The molecule has 2 aromatic heterocycles. The Morgan fingerprint density at radius 2 is 2.35 bits per heavy atom. The van der Waals surface area contributed by atoms with Gasteiger partial charge in [-0.2, -0.15) is 4.98 Å². The molecule has 2 heterocycles. The van der Waals surface area contributed by atoms with E-state index < -0.39 is 5.97 Å². The topological polar surface area (TPSA) is 89.1 Å². The second kappa shape index (κ2) is 4.73. The van der Waals surface area contributed by atoms with Crippen LogP contribution in [0.5, 0.6) is 0 Å². The molecule has 0 spiro atoms. The summed E-state index contributed by atoms with van der Waals surface area (Å²) in [5.74, 6) is -0.0891. The number of aromatic nitrogens is 3. The predicted molar refractivity (Wildman–Crippen MR) is 58.2 cm³/mol. The van der Waals surface area contributed by atoms with Crippen molar-refractivity contribution in [2.24, 2.45) is 0 Å². The Labute approximate surface area is 97.3 Å². The summed E-state index contributed by atoms with van der Waals surface area (Å²) in [5.41, 5.74) is 1.78. The van der Waals surface area contributed by atoms with Crippen molar-refractivity contribution in [2.75, 3.05) is 0 Å². The van der Waals surface area contributed by atoms with Crippen molar-refractivity contribution in [3.63, 3.8) is 0 Å². The van der Waals surface area contributed by atoms with E-state index in [9.17, 15) is 4.79 Å². The summed E-state index contributed by atoms with van der Waals surface area (Å²) in [4.78, 5) is 18.5. The van der Waals surface area contributed by atoms with Crippen molar-refractivity contribution in [1.82, 2.24) is 15.1 Å². The van der Waals surface area contributed by atoms with Gasteiger partial charge in [-0.25, -0.2) is 0 Å². The number of rotatable bonds is 4. The number of aryl methyl sites for hydroxylation is 2. The molecule has 0 aliphatic carbocycles. The van der Waals surface area contributed by atoms with E-state index in [4.69, 9.17) is 9.63 Å². The SMILES string of the molecule is Cc1cnccc1-c1noc(CCC(=O)O)n1. The minimum atomic E-state index is -0.884. The Morgan fingerprint density at radius 1 is 1.53 bits per heavy atom. The quantitative estimate of drug-likeness (QED) is 0.859. The van der Waals surface area contributed by atoms with E-state index in [1.807, 2.05) is 6.92 Å². The third-order valence-corrected chi connectivity index (χ3v) is 2.28. The first-order valence-electron chi connectivity index (χ1n) is 5.12. The average Bonchev–Trinajstić information content (AvgIpc) is 2.75. The Bertz CT molecular complexity index is 536. The first-order chi connectivity index (χ1) is 8.16. The summed E-state index contributed by atoms with van der Waals surface area (Å²) in [6.07, 6.45) is 3.58. The van der Waals surface area contributed by atoms with Crippen LogP contribution in [-0.4, -0.2) is 26.2 Å². The molecule has 6 nitrogen and oxygen atoms in total. The molecule has 0 saturated heterocycles. The molecule has 0 amide bonds. The fraction of sp³-hybridized carbons (Fsp3) is 0.273. The van der Waals surface area contributed by atoms with E-state index in [-0.39, 0.29) is 12.8 Å². The van der Waals surface area contributed by atoms with Gasteiger partial charge < -0.3 is 9.63 Å². The number of pyridine rings is 1. The Hall–Kier alpha value is -2.24. The van der Waals surface area contributed by atoms with Gasteiger partial charge in [-0.3, -0.25) is 9.78 Å². The van der Waals surface area contributed by atoms with Crippen molar-refractivity contribution in [2.45, 2.75) is 19.8 Å². The van der Waals surface area contributed by atoms with Crippen LogP contribution in [0.25, 0.3) is 11.4 Å². The second-order valence-electron chi connectivity index (χ2n) is 3.60. The maximum Gasteiger partial charge on any atom is 0.303 e. The molecule has 0 saturated carbocycles. The van der Waals surface area contributed by atoms with E-state index in [1.165, 1.54) is 0 Å². The number of nitrogens with zero attached hydrogens (tertiary/aromatic N) is 3. The standard InChI is InChI=1S/C11H11N3O3/c1-7-6-12-5-4-8(7)11-13-9(17-14-11)2-3-10(15)16/h4-6H,2-3H2,1H3,(H,15,16). The van der Waals surface area contributed by atoms with Crippen molar-refractivity contribution < 1.29 is 14.4 Å². The van der Waals surface area contributed by atoms with Gasteiger partial charge in [0.05, 0.1) is 6.42 Å². The van der Waals surface area contributed by atoms with Crippen LogP contribution in [-0.2, 0) is 11.2 Å². The second-order valence-corrected chi connectivity index (χ2v) is 3.60. The summed E-state index contributed by atoms with van der Waals surface area (Å²) in [7, 11) is 0. The third kappa shape index (κ3) is 2.66. The monoisotopic (exact) mass is 233 g/mol. The van der Waals surface area contributed by atoms with Crippen LogP contribution in [0.4, 0.5) is 0 Å². The number of aliphatic carboxylic acids is 1. The van der Waals surface area contributed by atoms with Crippen molar-refractivity contribution in [1.29, 1.82) is 0 Å². The van der Waals surface area contributed by atoms with E-state index in [0.717, 1.165) is 11.1 Å². The third-order valence-electron chi connectivity index (χ3n) is 2.28. The molecule has 88 valence electrons. The summed E-state index contributed by atoms with van der Waals surface area (Å²) in [5, 5.41) is 12.4. The van der Waals surface area contributed by atoms with Crippen LogP contribution in [0.15, 0.2) is 23.0 Å². The highest BCUT2D eigenvalue weighted by Gasteiger charge is 2.11. The van der Waals surface area contributed by atoms with Gasteiger partial charge in [-0.05, 0) is 18.6 Å². The highest BCUT2D eigenvalue weighted by atomic mass is 16.5. The number of carboxylic acid groups (broad SMARTS) is 1. The fourth-order valence-electron chi connectivity index (χ4n) is 1.40. The molecule has 0 fully saturated rings. The molecule has 2 rings (SSSR count). The number of carbonyl (C=O) groups is 1. The lowest BCUT2D eigenvalue weighted by Crippen LogP contribution is -1.97. The molecular weight excluding hydrogens is 222 g/mol. The molecule has 1 N–H and O–H groups in total. The predicted octanol–water partition coefficient (Wildman–Crippen LogP) is 1.46. The van der Waals surface area contributed by atoms with Crippen molar-refractivity contribution >= 4 is 5.97 Å². The molecule has 17 heavy (non-hydrogen) atoms. The van der Waals surface area contributed by atoms with E-state index in [0.29, 0.717) is 11.7 Å². The van der Waals surface area contributed by atoms with Gasteiger partial charge in [-0.1, -0.05) is 5.16 Å². The van der Waals surface area contributed by atoms with Gasteiger partial charge in [-0.15, -0.1) is 0 Å². The Balaban J connectivity index is 2.18. The Morgan fingerprint density at radius 3 is 3.06 bits per heavy atom. The van der Waals surface area contributed by atoms with E-state index in [2.05, 4.69) is 15.1 Å². The van der Waals surface area contributed by atoms with Crippen LogP contribution in [0.2, 0.25) is 0 Å². The first kappa shape index (κ1) is 11.3. The molecule has 0 bridgehead atoms. The fourth-order valence-corrected chi connectivity index (χ4v) is 1.40. The van der Waals surface area contributed by atoms with E-state index >= 15 is 0 Å². The summed E-state index contributed by atoms with van der Waals surface area (Å²) >= 11 is 0. The number of hydrogen-bond acceptors (Lipinski definition) is 5. The van der Waals surface area contributed by atoms with Crippen LogP contribution < -0.4 is 0 Å². The summed E-state index contributed by atoms with van der Waals surface area (Å²) in [6, 6.07) is 1.79. The smallest absolute Gasteiger partial charge is 0.303 e. The number of carboxylic acids is 1. The molecular formula is C11H11N3O3. The first-order valence-corrected chi connectivity index (χ1v) is 5.12. The van der Waals surface area contributed by atoms with Gasteiger partial charge in [0, 0.05) is 24.4 Å². The molecule has 0 radical (unpaired) electrons. The largest absolute Gasteiger partial charge is 0.481 e. The minimum Gasteiger partial charge on any atom is -0.481 e. The molecule has 0 atom stereocenters. The molecule has 0 aliphatic heterocycles. The number of hydrogen-bond donors (Lipinski definition) is 1.